The molecule has 0 aliphatic rings. The van der Waals surface area contributed by atoms with Gasteiger partial charge in [-0.2, -0.15) is 8.42 Å². The number of aromatic carboxylic acids is 1. The SMILES string of the molecule is Cc1nc(S(=O)(=O)Nc2ccc(C(=O)O)s2)cn1C. The van der Waals surface area contributed by atoms with E-state index >= 15 is 0 Å². The number of carboxylic acids is 1. The van der Waals surface area contributed by atoms with Crippen LogP contribution in [-0.4, -0.2) is 29.0 Å². The van der Waals surface area contributed by atoms with Gasteiger partial charge in [-0.05, 0) is 19.1 Å². The van der Waals surface area contributed by atoms with Crippen molar-refractivity contribution in [2.24, 2.45) is 7.05 Å². The molecule has 0 unspecified atom stereocenters. The molecule has 102 valence electrons. The topological polar surface area (TPSA) is 101 Å². The second-order valence-electron chi connectivity index (χ2n) is 3.81. The number of hydrogen-bond acceptors (Lipinski definition) is 5. The van der Waals surface area contributed by atoms with Crippen LogP contribution in [0.4, 0.5) is 5.00 Å². The highest BCUT2D eigenvalue weighted by atomic mass is 32.2. The third kappa shape index (κ3) is 2.76. The van der Waals surface area contributed by atoms with Crippen molar-refractivity contribution in [3.63, 3.8) is 0 Å². The number of rotatable bonds is 4. The largest absolute Gasteiger partial charge is 0.477 e. The van der Waals surface area contributed by atoms with E-state index in [9.17, 15) is 13.2 Å². The van der Waals surface area contributed by atoms with Crippen LogP contribution in [0.2, 0.25) is 0 Å². The highest BCUT2D eigenvalue weighted by molar-refractivity contribution is 7.92. The normalized spacial score (nSPS) is 11.5. The van der Waals surface area contributed by atoms with E-state index in [0.29, 0.717) is 5.82 Å². The maximum atomic E-state index is 12.0. The Morgan fingerprint density at radius 1 is 1.47 bits per heavy atom. The minimum atomic E-state index is -3.79. The Labute approximate surface area is 113 Å². The average molecular weight is 301 g/mol. The van der Waals surface area contributed by atoms with Crippen molar-refractivity contribution in [3.05, 3.63) is 29.0 Å². The summed E-state index contributed by atoms with van der Waals surface area (Å²) in [5.74, 6) is -0.526. The van der Waals surface area contributed by atoms with Crippen LogP contribution in [0.25, 0.3) is 0 Å². The first-order chi connectivity index (χ1) is 8.79. The number of sulfonamides is 1. The molecule has 2 N–H and O–H groups in total. The van der Waals surface area contributed by atoms with Crippen molar-refractivity contribution in [2.45, 2.75) is 11.9 Å². The number of aromatic nitrogens is 2. The second-order valence-corrected chi connectivity index (χ2v) is 6.52. The third-order valence-electron chi connectivity index (χ3n) is 2.41. The predicted octanol–water partition coefficient (Wildman–Crippen LogP) is 1.29. The lowest BCUT2D eigenvalue weighted by Gasteiger charge is -2.01. The smallest absolute Gasteiger partial charge is 0.345 e. The summed E-state index contributed by atoms with van der Waals surface area (Å²) in [7, 11) is -2.10. The van der Waals surface area contributed by atoms with Crippen molar-refractivity contribution < 1.29 is 18.3 Å². The molecule has 9 heteroatoms. The van der Waals surface area contributed by atoms with Gasteiger partial charge in [0.05, 0.1) is 0 Å². The van der Waals surface area contributed by atoms with Gasteiger partial charge >= 0.3 is 5.97 Å². The van der Waals surface area contributed by atoms with Gasteiger partial charge in [0.1, 0.15) is 15.7 Å². The molecule has 19 heavy (non-hydrogen) atoms. The van der Waals surface area contributed by atoms with Crippen molar-refractivity contribution in [3.8, 4) is 0 Å². The number of hydrogen-bond donors (Lipinski definition) is 2. The molecule has 0 saturated carbocycles. The maximum absolute atomic E-state index is 12.0. The fraction of sp³-hybridized carbons (Fsp3) is 0.200. The monoisotopic (exact) mass is 301 g/mol. The summed E-state index contributed by atoms with van der Waals surface area (Å²) in [5, 5.41) is 8.91. The number of carbonyl (C=O) groups is 1. The van der Waals surface area contributed by atoms with E-state index in [0.717, 1.165) is 11.3 Å². The van der Waals surface area contributed by atoms with Gasteiger partial charge in [0, 0.05) is 13.2 Å². The number of nitrogens with one attached hydrogen (secondary N) is 1. The standard InChI is InChI=1S/C10H11N3O4S2/c1-6-11-9(5-13(6)2)19(16,17)12-8-4-3-7(18-8)10(14)15/h3-5,12H,1-2H3,(H,14,15). The summed E-state index contributed by atoms with van der Waals surface area (Å²) in [6.07, 6.45) is 1.39. The lowest BCUT2D eigenvalue weighted by Crippen LogP contribution is -2.12. The first-order valence-corrected chi connectivity index (χ1v) is 7.45. The molecule has 0 atom stereocenters. The molecule has 0 fully saturated rings. The van der Waals surface area contributed by atoms with Crippen molar-refractivity contribution in [2.75, 3.05) is 4.72 Å². The maximum Gasteiger partial charge on any atom is 0.345 e. The molecule has 0 aromatic carbocycles. The fourth-order valence-electron chi connectivity index (χ4n) is 1.35. The lowest BCUT2D eigenvalue weighted by atomic mass is 10.5. The predicted molar refractivity (Wildman–Crippen MR) is 70.0 cm³/mol. The van der Waals surface area contributed by atoms with Gasteiger partial charge in [-0.1, -0.05) is 0 Å². The zero-order chi connectivity index (χ0) is 14.2. The van der Waals surface area contributed by atoms with E-state index in [4.69, 9.17) is 5.11 Å². The summed E-state index contributed by atoms with van der Waals surface area (Å²) in [6, 6.07) is 2.75. The molecule has 0 aliphatic heterocycles. The minimum absolute atomic E-state index is 0.0647. The average Bonchev–Trinajstić information content (AvgIpc) is 2.87. The van der Waals surface area contributed by atoms with Crippen LogP contribution in [0.3, 0.4) is 0 Å². The van der Waals surface area contributed by atoms with Gasteiger partial charge in [0.15, 0.2) is 5.03 Å². The lowest BCUT2D eigenvalue weighted by molar-refractivity contribution is 0.0702. The molecular weight excluding hydrogens is 290 g/mol. The number of anilines is 1. The van der Waals surface area contributed by atoms with Gasteiger partial charge in [-0.25, -0.2) is 9.78 Å². The summed E-state index contributed by atoms with van der Waals surface area (Å²) in [6.45, 7) is 1.69. The number of nitrogens with zero attached hydrogens (tertiary/aromatic N) is 2. The summed E-state index contributed by atoms with van der Waals surface area (Å²) >= 11 is 0.849. The Kier molecular flexibility index (Phi) is 3.33. The van der Waals surface area contributed by atoms with Crippen molar-refractivity contribution >= 4 is 32.3 Å². The number of aryl methyl sites for hydroxylation is 2. The molecule has 2 aromatic rings. The van der Waals surface area contributed by atoms with Crippen LogP contribution < -0.4 is 4.72 Å². The van der Waals surface area contributed by atoms with Crippen molar-refractivity contribution in [1.29, 1.82) is 0 Å². The summed E-state index contributed by atoms with van der Waals surface area (Å²) in [4.78, 5) is 14.7. The number of thiophene rings is 1. The molecular formula is C10H11N3O4S2. The molecule has 0 aliphatic carbocycles. The van der Waals surface area contributed by atoms with Crippen LogP contribution in [-0.2, 0) is 17.1 Å². The van der Waals surface area contributed by atoms with Gasteiger partial charge < -0.3 is 9.67 Å². The molecule has 0 amide bonds. The Hall–Kier alpha value is -1.87. The molecule has 0 radical (unpaired) electrons. The fourth-order valence-corrected chi connectivity index (χ4v) is 3.43. The van der Waals surface area contributed by atoms with E-state index in [1.807, 2.05) is 0 Å². The Morgan fingerprint density at radius 2 is 2.16 bits per heavy atom. The van der Waals surface area contributed by atoms with Gasteiger partial charge in [-0.15, -0.1) is 11.3 Å². The van der Waals surface area contributed by atoms with E-state index < -0.39 is 16.0 Å². The Balaban J connectivity index is 2.28. The minimum Gasteiger partial charge on any atom is -0.477 e. The van der Waals surface area contributed by atoms with Gasteiger partial charge in [-0.3, -0.25) is 4.72 Å². The van der Waals surface area contributed by atoms with Crippen LogP contribution in [0.15, 0.2) is 23.4 Å². The molecule has 0 spiro atoms. The highest BCUT2D eigenvalue weighted by Gasteiger charge is 2.20. The van der Waals surface area contributed by atoms with Crippen LogP contribution in [0.1, 0.15) is 15.5 Å². The van der Waals surface area contributed by atoms with E-state index in [2.05, 4.69) is 9.71 Å². The zero-order valence-electron chi connectivity index (χ0n) is 10.1. The van der Waals surface area contributed by atoms with E-state index in [1.165, 1.54) is 18.3 Å². The van der Waals surface area contributed by atoms with Crippen LogP contribution in [0, 0.1) is 6.92 Å². The van der Waals surface area contributed by atoms with Crippen LogP contribution >= 0.6 is 11.3 Å². The molecule has 2 heterocycles. The van der Waals surface area contributed by atoms with Gasteiger partial charge in [0.25, 0.3) is 10.0 Å². The quantitative estimate of drug-likeness (QED) is 0.886. The van der Waals surface area contributed by atoms with Crippen LogP contribution in [0.5, 0.6) is 0 Å². The zero-order valence-corrected chi connectivity index (χ0v) is 11.7. The summed E-state index contributed by atoms with van der Waals surface area (Å²) < 4.78 is 27.9. The molecule has 2 aromatic heterocycles. The Bertz CT molecular complexity index is 710. The van der Waals surface area contributed by atoms with Gasteiger partial charge in [0.2, 0.25) is 0 Å². The first kappa shape index (κ1) is 13.6. The molecule has 0 bridgehead atoms. The first-order valence-electron chi connectivity index (χ1n) is 5.15. The van der Waals surface area contributed by atoms with E-state index in [-0.39, 0.29) is 14.9 Å². The van der Waals surface area contributed by atoms with Crippen molar-refractivity contribution in [1.82, 2.24) is 9.55 Å². The van der Waals surface area contributed by atoms with E-state index in [1.54, 1.807) is 18.5 Å². The third-order valence-corrected chi connectivity index (χ3v) is 4.77. The second kappa shape index (κ2) is 4.67. The highest BCUT2D eigenvalue weighted by Crippen LogP contribution is 2.24. The molecule has 2 rings (SSSR count). The Morgan fingerprint density at radius 3 is 2.63 bits per heavy atom. The summed E-state index contributed by atoms with van der Waals surface area (Å²) in [5.41, 5.74) is 0. The molecule has 0 saturated heterocycles. The number of imidazole rings is 1. The number of carboxylic acid groups (broad SMARTS) is 1. The molecule has 7 nitrogen and oxygen atoms in total.